The molecule has 0 aliphatic heterocycles. The molecule has 0 saturated heterocycles. The van der Waals surface area contributed by atoms with E-state index >= 15 is 0 Å². The molecule has 1 unspecified atom stereocenters. The maximum absolute atomic E-state index is 13.7. The third kappa shape index (κ3) is 8.31. The molecule has 0 saturated carbocycles. The summed E-state index contributed by atoms with van der Waals surface area (Å²) in [6.45, 7) is 5.05. The second-order valence-electron chi connectivity index (χ2n) is 8.63. The minimum Gasteiger partial charge on any atom is -0.352 e. The molecule has 0 aliphatic rings. The van der Waals surface area contributed by atoms with Gasteiger partial charge in [0.05, 0.1) is 11.9 Å². The van der Waals surface area contributed by atoms with Crippen LogP contribution in [0.4, 0.5) is 14.5 Å². The van der Waals surface area contributed by atoms with Crippen LogP contribution in [0.1, 0.15) is 39.2 Å². The van der Waals surface area contributed by atoms with Crippen molar-refractivity contribution < 1.29 is 26.8 Å². The monoisotopic (exact) mass is 563 g/mol. The Morgan fingerprint density at radius 3 is 2.25 bits per heavy atom. The Bertz CT molecular complexity index is 1210. The maximum atomic E-state index is 13.7. The van der Waals surface area contributed by atoms with Gasteiger partial charge in [-0.15, -0.1) is 0 Å². The molecule has 198 valence electrons. The molecule has 2 aromatic rings. The Morgan fingerprint density at radius 1 is 1.03 bits per heavy atom. The topological polar surface area (TPSA) is 86.8 Å². The Morgan fingerprint density at radius 2 is 1.69 bits per heavy atom. The SMILES string of the molecule is CC(C)NC(=O)C(C)N(Cc1ccc(Cl)cc1Cl)C(=O)CCCN(c1ccc(F)c(F)c1)S(C)(=O)=O. The van der Waals surface area contributed by atoms with Crippen molar-refractivity contribution in [2.24, 2.45) is 0 Å². The first-order chi connectivity index (χ1) is 16.7. The van der Waals surface area contributed by atoms with E-state index in [1.165, 1.54) is 11.0 Å². The molecule has 2 rings (SSSR count). The highest BCUT2D eigenvalue weighted by atomic mass is 35.5. The van der Waals surface area contributed by atoms with Crippen LogP contribution in [0.3, 0.4) is 0 Å². The van der Waals surface area contributed by atoms with E-state index in [2.05, 4.69) is 5.32 Å². The van der Waals surface area contributed by atoms with Crippen molar-refractivity contribution in [3.63, 3.8) is 0 Å². The zero-order valence-corrected chi connectivity index (χ0v) is 22.7. The van der Waals surface area contributed by atoms with Gasteiger partial charge in [-0.2, -0.15) is 0 Å². The minimum absolute atomic E-state index is 0.0283. The smallest absolute Gasteiger partial charge is 0.242 e. The van der Waals surface area contributed by atoms with Gasteiger partial charge in [-0.1, -0.05) is 29.3 Å². The first kappa shape index (κ1) is 29.8. The van der Waals surface area contributed by atoms with Crippen molar-refractivity contribution >= 4 is 50.7 Å². The van der Waals surface area contributed by atoms with E-state index in [9.17, 15) is 26.8 Å². The molecular formula is C24H29Cl2F2N3O4S. The van der Waals surface area contributed by atoms with E-state index < -0.39 is 33.6 Å². The van der Waals surface area contributed by atoms with Gasteiger partial charge in [0.2, 0.25) is 21.8 Å². The number of hydrogen-bond acceptors (Lipinski definition) is 4. The number of nitrogens with one attached hydrogen (secondary N) is 1. The van der Waals surface area contributed by atoms with Gasteiger partial charge in [-0.25, -0.2) is 17.2 Å². The third-order valence-corrected chi connectivity index (χ3v) is 7.08. The van der Waals surface area contributed by atoms with Crippen LogP contribution in [0.15, 0.2) is 36.4 Å². The van der Waals surface area contributed by atoms with Crippen LogP contribution in [-0.4, -0.2) is 50.0 Å². The van der Waals surface area contributed by atoms with E-state index in [4.69, 9.17) is 23.2 Å². The fourth-order valence-electron chi connectivity index (χ4n) is 3.47. The fraction of sp³-hybridized carbons (Fsp3) is 0.417. The molecule has 0 heterocycles. The molecule has 0 aromatic heterocycles. The predicted octanol–water partition coefficient (Wildman–Crippen LogP) is 4.76. The summed E-state index contributed by atoms with van der Waals surface area (Å²) in [5, 5.41) is 3.53. The van der Waals surface area contributed by atoms with E-state index in [1.54, 1.807) is 32.9 Å². The van der Waals surface area contributed by atoms with Crippen LogP contribution in [0.5, 0.6) is 0 Å². The summed E-state index contributed by atoms with van der Waals surface area (Å²) in [4.78, 5) is 27.3. The van der Waals surface area contributed by atoms with Crippen molar-refractivity contribution in [3.05, 3.63) is 63.6 Å². The summed E-state index contributed by atoms with van der Waals surface area (Å²) in [6, 6.07) is 6.59. The van der Waals surface area contributed by atoms with Crippen molar-refractivity contribution in [2.45, 2.75) is 52.2 Å². The van der Waals surface area contributed by atoms with E-state index in [0.29, 0.717) is 15.6 Å². The lowest BCUT2D eigenvalue weighted by Crippen LogP contribution is -2.49. The third-order valence-electron chi connectivity index (χ3n) is 5.30. The summed E-state index contributed by atoms with van der Waals surface area (Å²) >= 11 is 12.2. The van der Waals surface area contributed by atoms with E-state index in [0.717, 1.165) is 28.8 Å². The molecule has 1 atom stereocenters. The lowest BCUT2D eigenvalue weighted by Gasteiger charge is -2.30. The second-order valence-corrected chi connectivity index (χ2v) is 11.4. The molecule has 0 fully saturated rings. The lowest BCUT2D eigenvalue weighted by molar-refractivity contribution is -0.140. The molecule has 1 N–H and O–H groups in total. The van der Waals surface area contributed by atoms with Crippen LogP contribution in [0, 0.1) is 11.6 Å². The van der Waals surface area contributed by atoms with Gasteiger partial charge in [0.15, 0.2) is 11.6 Å². The van der Waals surface area contributed by atoms with Gasteiger partial charge in [0.25, 0.3) is 0 Å². The number of amides is 2. The zero-order valence-electron chi connectivity index (χ0n) is 20.4. The number of halogens is 4. The number of rotatable bonds is 11. The molecule has 36 heavy (non-hydrogen) atoms. The molecule has 2 amide bonds. The minimum atomic E-state index is -3.84. The average molecular weight is 564 g/mol. The van der Waals surface area contributed by atoms with E-state index in [1.807, 2.05) is 0 Å². The summed E-state index contributed by atoms with van der Waals surface area (Å²) in [5.74, 6) is -3.06. The zero-order chi connectivity index (χ0) is 27.2. The molecule has 0 spiro atoms. The predicted molar refractivity (Wildman–Crippen MR) is 138 cm³/mol. The molecule has 7 nitrogen and oxygen atoms in total. The van der Waals surface area contributed by atoms with Gasteiger partial charge in [0, 0.05) is 41.7 Å². The summed E-state index contributed by atoms with van der Waals surface area (Å²) in [7, 11) is -3.84. The highest BCUT2D eigenvalue weighted by Crippen LogP contribution is 2.24. The summed E-state index contributed by atoms with van der Waals surface area (Å²) in [6.07, 6.45) is 0.887. The number of sulfonamides is 1. The number of anilines is 1. The van der Waals surface area contributed by atoms with Crippen LogP contribution in [-0.2, 0) is 26.2 Å². The fourth-order valence-corrected chi connectivity index (χ4v) is 4.89. The van der Waals surface area contributed by atoms with Crippen molar-refractivity contribution in [1.82, 2.24) is 10.2 Å². The Balaban J connectivity index is 2.22. The highest BCUT2D eigenvalue weighted by molar-refractivity contribution is 7.92. The molecule has 0 radical (unpaired) electrons. The van der Waals surface area contributed by atoms with Gasteiger partial charge >= 0.3 is 0 Å². The Labute approximate surface area is 220 Å². The van der Waals surface area contributed by atoms with Gasteiger partial charge in [-0.05, 0) is 57.0 Å². The number of nitrogens with zero attached hydrogens (tertiary/aromatic N) is 2. The number of carbonyl (C=O) groups is 2. The van der Waals surface area contributed by atoms with Crippen LogP contribution in [0.25, 0.3) is 0 Å². The maximum Gasteiger partial charge on any atom is 0.242 e. The average Bonchev–Trinajstić information content (AvgIpc) is 2.76. The molecule has 2 aromatic carbocycles. The lowest BCUT2D eigenvalue weighted by atomic mass is 10.1. The van der Waals surface area contributed by atoms with E-state index in [-0.39, 0.29) is 43.6 Å². The largest absolute Gasteiger partial charge is 0.352 e. The van der Waals surface area contributed by atoms with Crippen LogP contribution in [0.2, 0.25) is 10.0 Å². The second kappa shape index (κ2) is 12.7. The standard InChI is InChI=1S/C24H29Cl2F2N3O4S/c1-15(2)29-24(33)16(3)30(14-17-7-8-18(25)12-20(17)26)23(32)6-5-11-31(36(4,34)35)19-9-10-21(27)22(28)13-19/h7-10,12-13,15-16H,5-6,11,14H2,1-4H3,(H,29,33). The van der Waals surface area contributed by atoms with Crippen LogP contribution < -0.4 is 9.62 Å². The first-order valence-electron chi connectivity index (χ1n) is 11.2. The summed E-state index contributed by atoms with van der Waals surface area (Å²) in [5.41, 5.74) is 0.525. The summed E-state index contributed by atoms with van der Waals surface area (Å²) < 4.78 is 52.5. The molecular weight excluding hydrogens is 535 g/mol. The number of hydrogen-bond donors (Lipinski definition) is 1. The quantitative estimate of drug-likeness (QED) is 0.427. The van der Waals surface area contributed by atoms with Crippen molar-refractivity contribution in [3.8, 4) is 0 Å². The van der Waals surface area contributed by atoms with Gasteiger partial charge in [0.1, 0.15) is 6.04 Å². The Kier molecular flexibility index (Phi) is 10.5. The number of carbonyl (C=O) groups excluding carboxylic acids is 2. The normalized spacial score (nSPS) is 12.4. The molecule has 0 bridgehead atoms. The van der Waals surface area contributed by atoms with Gasteiger partial charge < -0.3 is 10.2 Å². The van der Waals surface area contributed by atoms with Crippen molar-refractivity contribution in [1.29, 1.82) is 0 Å². The number of benzene rings is 2. The molecule has 12 heteroatoms. The highest BCUT2D eigenvalue weighted by Gasteiger charge is 2.27. The Hall–Kier alpha value is -2.43. The van der Waals surface area contributed by atoms with Crippen molar-refractivity contribution in [2.75, 3.05) is 17.1 Å². The molecule has 0 aliphatic carbocycles. The van der Waals surface area contributed by atoms with Gasteiger partial charge in [-0.3, -0.25) is 13.9 Å². The van der Waals surface area contributed by atoms with Crippen LogP contribution >= 0.6 is 23.2 Å². The first-order valence-corrected chi connectivity index (χ1v) is 13.8.